The lowest BCUT2D eigenvalue weighted by atomic mass is 9.68. The first-order chi connectivity index (χ1) is 16.4. The summed E-state index contributed by atoms with van der Waals surface area (Å²) < 4.78 is 13.5. The van der Waals surface area contributed by atoms with E-state index < -0.39 is 5.82 Å². The van der Waals surface area contributed by atoms with Crippen LogP contribution in [0.1, 0.15) is 22.8 Å². The third-order valence-corrected chi connectivity index (χ3v) is 10.9. The average molecular weight is 513 g/mol. The van der Waals surface area contributed by atoms with Crippen LogP contribution in [0.25, 0.3) is 0 Å². The zero-order chi connectivity index (χ0) is 23.3. The first-order valence-corrected chi connectivity index (χ1v) is 13.3. The van der Waals surface area contributed by atoms with E-state index in [0.717, 1.165) is 21.9 Å². The lowest BCUT2D eigenvalue weighted by molar-refractivity contribution is -0.123. The zero-order valence-electron chi connectivity index (χ0n) is 17.6. The molecule has 0 radical (unpaired) electrons. The van der Waals surface area contributed by atoms with E-state index in [0.29, 0.717) is 10.7 Å². The lowest BCUT2D eigenvalue weighted by Gasteiger charge is -2.43. The van der Waals surface area contributed by atoms with Crippen LogP contribution in [0.5, 0.6) is 0 Å². The summed E-state index contributed by atoms with van der Waals surface area (Å²) in [7, 11) is 0. The Morgan fingerprint density at radius 3 is 2.32 bits per heavy atom. The summed E-state index contributed by atoms with van der Waals surface area (Å²) in [5.41, 5.74) is 1.51. The highest BCUT2D eigenvalue weighted by molar-refractivity contribution is 8.00. The number of imide groups is 1. The second kappa shape index (κ2) is 7.29. The number of anilines is 1. The lowest BCUT2D eigenvalue weighted by Crippen LogP contribution is -2.42. The Bertz CT molecular complexity index is 1400. The first kappa shape index (κ1) is 20.9. The minimum Gasteiger partial charge on any atom is -0.307 e. The van der Waals surface area contributed by atoms with Gasteiger partial charge in [-0.1, -0.05) is 35.1 Å². The molecule has 2 aromatic carbocycles. The number of H-pyrrole nitrogens is 1. The fourth-order valence-corrected chi connectivity index (χ4v) is 9.92. The smallest absolute Gasteiger partial charge is 0.305 e. The molecule has 1 aromatic heterocycles. The molecule has 0 spiro atoms. The molecule has 172 valence electrons. The molecular weight excluding hydrogens is 495 g/mol. The number of thiazole rings is 1. The van der Waals surface area contributed by atoms with Crippen molar-refractivity contribution in [3.8, 4) is 0 Å². The van der Waals surface area contributed by atoms with E-state index in [2.05, 4.69) is 4.98 Å². The Balaban J connectivity index is 1.32. The minimum absolute atomic E-state index is 0.0267. The number of nitrogens with one attached hydrogen (secondary N) is 1. The van der Waals surface area contributed by atoms with Gasteiger partial charge in [-0.15, -0.1) is 11.8 Å². The van der Waals surface area contributed by atoms with Gasteiger partial charge in [-0.3, -0.25) is 19.3 Å². The quantitative estimate of drug-likeness (QED) is 0.495. The predicted molar refractivity (Wildman–Crippen MR) is 129 cm³/mol. The van der Waals surface area contributed by atoms with Crippen molar-refractivity contribution in [3.63, 3.8) is 0 Å². The van der Waals surface area contributed by atoms with Gasteiger partial charge in [-0.05, 0) is 66.1 Å². The summed E-state index contributed by atoms with van der Waals surface area (Å²) in [5, 5.41) is 1.66. The van der Waals surface area contributed by atoms with Gasteiger partial charge in [0.05, 0.1) is 22.5 Å². The van der Waals surface area contributed by atoms with Crippen molar-refractivity contribution in [3.05, 3.63) is 79.5 Å². The van der Waals surface area contributed by atoms with E-state index in [1.54, 1.807) is 11.8 Å². The number of carbonyl (C=O) groups is 2. The van der Waals surface area contributed by atoms with Crippen LogP contribution in [0.15, 0.2) is 58.4 Å². The molecule has 34 heavy (non-hydrogen) atoms. The number of aromatic amines is 1. The molecule has 3 aromatic rings. The summed E-state index contributed by atoms with van der Waals surface area (Å²) in [4.78, 5) is 44.6. The Hall–Kier alpha value is -2.42. The summed E-state index contributed by atoms with van der Waals surface area (Å²) in [6.07, 6.45) is 0.829. The maximum Gasteiger partial charge on any atom is 0.305 e. The van der Waals surface area contributed by atoms with Gasteiger partial charge in [0.1, 0.15) is 5.82 Å². The second-order valence-corrected chi connectivity index (χ2v) is 12.1. The van der Waals surface area contributed by atoms with Crippen LogP contribution < -0.4 is 9.77 Å². The van der Waals surface area contributed by atoms with Crippen LogP contribution in [0.3, 0.4) is 0 Å². The molecule has 5 nitrogen and oxygen atoms in total. The second-order valence-electron chi connectivity index (χ2n) is 9.50. The van der Waals surface area contributed by atoms with Gasteiger partial charge < -0.3 is 4.98 Å². The van der Waals surface area contributed by atoms with E-state index in [4.69, 9.17) is 11.6 Å². The highest BCUT2D eigenvalue weighted by Gasteiger charge is 2.69. The fourth-order valence-electron chi connectivity index (χ4n) is 6.90. The Morgan fingerprint density at radius 1 is 0.941 bits per heavy atom. The van der Waals surface area contributed by atoms with Crippen molar-refractivity contribution < 1.29 is 14.0 Å². The van der Waals surface area contributed by atoms with Crippen LogP contribution in [0.2, 0.25) is 5.02 Å². The molecule has 3 fully saturated rings. The normalized spacial score (nSPS) is 33.2. The van der Waals surface area contributed by atoms with Gasteiger partial charge in [0.2, 0.25) is 11.8 Å². The molecule has 7 atom stereocenters. The maximum atomic E-state index is 13.6. The molecule has 3 heterocycles. The number of amides is 2. The number of nitrogens with zero attached hydrogens (tertiary/aromatic N) is 1. The molecular formula is C25H18ClFN2O3S2. The maximum absolute atomic E-state index is 13.6. The van der Waals surface area contributed by atoms with Crippen molar-refractivity contribution in [2.75, 3.05) is 4.90 Å². The molecule has 2 aliphatic heterocycles. The molecule has 9 heteroatoms. The van der Waals surface area contributed by atoms with Crippen LogP contribution in [-0.2, 0) is 9.59 Å². The van der Waals surface area contributed by atoms with Crippen LogP contribution >= 0.6 is 34.7 Å². The minimum atomic E-state index is -0.406. The number of fused-ring (bicyclic) bond motifs is 9. The van der Waals surface area contributed by atoms with Gasteiger partial charge in [-0.25, -0.2) is 4.39 Å². The largest absolute Gasteiger partial charge is 0.307 e. The molecule has 1 saturated heterocycles. The summed E-state index contributed by atoms with van der Waals surface area (Å²) in [6.45, 7) is 0. The number of carbonyl (C=O) groups excluding carboxylic acids is 2. The van der Waals surface area contributed by atoms with Crippen LogP contribution in [0, 0.1) is 35.4 Å². The number of benzene rings is 2. The monoisotopic (exact) mass is 512 g/mol. The highest BCUT2D eigenvalue weighted by Crippen LogP contribution is 2.68. The van der Waals surface area contributed by atoms with Gasteiger partial charge in [0, 0.05) is 21.1 Å². The Kier molecular flexibility index (Phi) is 4.48. The molecule has 2 saturated carbocycles. The highest BCUT2D eigenvalue weighted by atomic mass is 35.5. The van der Waals surface area contributed by atoms with E-state index in [1.165, 1.54) is 40.5 Å². The number of halogens is 2. The molecule has 2 bridgehead atoms. The van der Waals surface area contributed by atoms with Crippen LogP contribution in [0.4, 0.5) is 10.1 Å². The molecule has 2 amide bonds. The third kappa shape index (κ3) is 2.76. The Labute approximate surface area is 207 Å². The summed E-state index contributed by atoms with van der Waals surface area (Å²) >= 11 is 9.05. The van der Waals surface area contributed by atoms with E-state index >= 15 is 0 Å². The van der Waals surface area contributed by atoms with Crippen molar-refractivity contribution in [2.45, 2.75) is 22.6 Å². The zero-order valence-corrected chi connectivity index (χ0v) is 20.0. The van der Waals surface area contributed by atoms with Crippen molar-refractivity contribution in [2.24, 2.45) is 29.6 Å². The van der Waals surface area contributed by atoms with Gasteiger partial charge in [0.15, 0.2) is 0 Å². The molecule has 0 unspecified atom stereocenters. The number of hydrogen-bond acceptors (Lipinski definition) is 5. The van der Waals surface area contributed by atoms with Crippen molar-refractivity contribution >= 4 is 52.2 Å². The summed E-state index contributed by atoms with van der Waals surface area (Å²) in [6, 6.07) is 13.3. The molecule has 1 N–H and O–H groups in total. The number of rotatable bonds is 2. The average Bonchev–Trinajstić information content (AvgIpc) is 3.54. The standard InChI is InChI=1S/C25H18ClFN2O3S2/c26-11-3-1-10(2-4-11)16-17-14-9-15(20(17)33-22-21(16)34-25(32)28-22)19-18(14)23(30)29(24(19)31)13-7-5-12(27)6-8-13/h1-8,14-20H,9H2,(H,28,32)/t14-,15-,16+,17+,18+,19+,20-/m1/s1. The van der Waals surface area contributed by atoms with Gasteiger partial charge in [-0.2, -0.15) is 0 Å². The van der Waals surface area contributed by atoms with Gasteiger partial charge >= 0.3 is 4.87 Å². The molecule has 4 aliphatic rings. The van der Waals surface area contributed by atoms with E-state index in [9.17, 15) is 18.8 Å². The van der Waals surface area contributed by atoms with E-state index in [-0.39, 0.29) is 57.4 Å². The SMILES string of the molecule is O=C1[C@H]2[C@H]3C[C@@H]([C@@H]2C(=O)N1c1ccc(F)cc1)[C@H]1[C@H](c2ccc(Cl)cc2)c2sc(=O)[nH]c2S[C@H]31. The topological polar surface area (TPSA) is 70.2 Å². The predicted octanol–water partition coefficient (Wildman–Crippen LogP) is 4.91. The molecule has 2 aliphatic carbocycles. The third-order valence-electron chi connectivity index (χ3n) is 8.04. The fraction of sp³-hybridized carbons (Fsp3) is 0.320. The number of hydrogen-bond donors (Lipinski definition) is 1. The Morgan fingerprint density at radius 2 is 1.62 bits per heavy atom. The van der Waals surface area contributed by atoms with Crippen LogP contribution in [-0.4, -0.2) is 22.0 Å². The van der Waals surface area contributed by atoms with E-state index in [1.807, 2.05) is 24.3 Å². The van der Waals surface area contributed by atoms with Gasteiger partial charge in [0.25, 0.3) is 0 Å². The number of thioether (sulfide) groups is 1. The van der Waals surface area contributed by atoms with Crippen molar-refractivity contribution in [1.29, 1.82) is 0 Å². The van der Waals surface area contributed by atoms with Crippen molar-refractivity contribution in [1.82, 2.24) is 4.98 Å². The number of aromatic nitrogens is 1. The summed E-state index contributed by atoms with van der Waals surface area (Å²) in [5.74, 6) is -1.30. The molecule has 7 rings (SSSR count). The first-order valence-electron chi connectivity index (χ1n) is 11.2.